The fraction of sp³-hybridized carbons (Fsp3) is 0.500. The average molecular weight is 419 g/mol. The van der Waals surface area contributed by atoms with Gasteiger partial charge in [0, 0.05) is 36.5 Å². The van der Waals surface area contributed by atoms with Crippen LogP contribution in [-0.2, 0) is 6.54 Å². The third-order valence-electron chi connectivity index (χ3n) is 5.08. The Hall–Kier alpha value is -2.45. The molecule has 0 saturated carbocycles. The Bertz CT molecular complexity index is 934. The van der Waals surface area contributed by atoms with Gasteiger partial charge in [-0.1, -0.05) is 25.4 Å². The highest BCUT2D eigenvalue weighted by Crippen LogP contribution is 2.34. The van der Waals surface area contributed by atoms with E-state index in [-0.39, 0.29) is 28.8 Å². The number of aryl methyl sites for hydroxylation is 1. The van der Waals surface area contributed by atoms with Gasteiger partial charge in [0.05, 0.1) is 30.8 Å². The molecule has 3 rings (SSSR count). The lowest BCUT2D eigenvalue weighted by Crippen LogP contribution is -2.45. The fourth-order valence-corrected chi connectivity index (χ4v) is 3.87. The maximum atomic E-state index is 13.1. The molecule has 0 saturated heterocycles. The molecule has 3 heterocycles. The predicted molar refractivity (Wildman–Crippen MR) is 114 cm³/mol. The molecule has 2 aromatic heterocycles. The second kappa shape index (κ2) is 8.51. The van der Waals surface area contributed by atoms with Crippen LogP contribution in [0.15, 0.2) is 6.20 Å². The lowest BCUT2D eigenvalue weighted by molar-refractivity contribution is 0.0911. The van der Waals surface area contributed by atoms with E-state index in [0.29, 0.717) is 31.0 Å². The number of hydrogen-bond acceptors (Lipinski definition) is 8. The van der Waals surface area contributed by atoms with Gasteiger partial charge in [0.2, 0.25) is 5.95 Å². The third-order valence-corrected chi connectivity index (χ3v) is 5.36. The molecular formula is C20H27ClN6O2. The van der Waals surface area contributed by atoms with Gasteiger partial charge in [0.15, 0.2) is 5.78 Å². The first-order valence-corrected chi connectivity index (χ1v) is 9.95. The zero-order chi connectivity index (χ0) is 21.3. The average Bonchev–Trinajstić information content (AvgIpc) is 2.64. The Morgan fingerprint density at radius 3 is 2.76 bits per heavy atom. The number of pyridine rings is 1. The predicted octanol–water partition coefficient (Wildman–Crippen LogP) is 2.55. The first-order chi connectivity index (χ1) is 13.7. The summed E-state index contributed by atoms with van der Waals surface area (Å²) in [7, 11) is 1.65. The number of carbonyl (C=O) groups is 1. The summed E-state index contributed by atoms with van der Waals surface area (Å²) in [4.78, 5) is 28.0. The third kappa shape index (κ3) is 4.28. The Morgan fingerprint density at radius 2 is 2.10 bits per heavy atom. The van der Waals surface area contributed by atoms with Crippen LogP contribution in [-0.4, -0.2) is 47.0 Å². The number of ketones is 1. The number of nitrogens with two attached hydrogens (primary N) is 1. The van der Waals surface area contributed by atoms with Crippen molar-refractivity contribution in [1.29, 1.82) is 0 Å². The molecule has 3 N–H and O–H groups in total. The molecule has 1 unspecified atom stereocenters. The molecule has 0 bridgehead atoms. The minimum atomic E-state index is -0.276. The van der Waals surface area contributed by atoms with Crippen LogP contribution in [0.3, 0.4) is 0 Å². The molecule has 29 heavy (non-hydrogen) atoms. The highest BCUT2D eigenvalue weighted by Gasteiger charge is 2.36. The summed E-state index contributed by atoms with van der Waals surface area (Å²) in [6.45, 7) is 9.49. The number of nitrogens with one attached hydrogen (secondary N) is 1. The van der Waals surface area contributed by atoms with Crippen molar-refractivity contribution in [3.8, 4) is 5.75 Å². The number of ether oxygens (including phenoxy) is 1. The normalized spacial score (nSPS) is 16.3. The van der Waals surface area contributed by atoms with Gasteiger partial charge in [-0.05, 0) is 13.8 Å². The van der Waals surface area contributed by atoms with Gasteiger partial charge < -0.3 is 20.7 Å². The highest BCUT2D eigenvalue weighted by molar-refractivity contribution is 6.34. The van der Waals surface area contributed by atoms with Gasteiger partial charge in [-0.15, -0.1) is 0 Å². The maximum Gasteiger partial charge on any atom is 0.223 e. The van der Waals surface area contributed by atoms with E-state index in [0.717, 1.165) is 22.6 Å². The summed E-state index contributed by atoms with van der Waals surface area (Å²) in [6, 6.07) is 0.265. The molecular weight excluding hydrogens is 392 g/mol. The summed E-state index contributed by atoms with van der Waals surface area (Å²) in [5.41, 5.74) is 8.91. The summed E-state index contributed by atoms with van der Waals surface area (Å²) in [5, 5.41) is 3.42. The van der Waals surface area contributed by atoms with E-state index in [4.69, 9.17) is 22.1 Å². The SMILES string of the molecule is COc1c(C)cnc(CN2CC(CNC(C)C)C(=O)c3c(Cl)nc(N)nc32)c1C. The van der Waals surface area contributed by atoms with E-state index in [1.54, 1.807) is 13.3 Å². The molecule has 156 valence electrons. The van der Waals surface area contributed by atoms with Crippen molar-refractivity contribution in [3.63, 3.8) is 0 Å². The van der Waals surface area contributed by atoms with Gasteiger partial charge in [0.1, 0.15) is 16.7 Å². The molecule has 0 radical (unpaired) electrons. The molecule has 0 aliphatic carbocycles. The van der Waals surface area contributed by atoms with Gasteiger partial charge in [0.25, 0.3) is 0 Å². The van der Waals surface area contributed by atoms with Crippen LogP contribution in [0.25, 0.3) is 0 Å². The number of nitrogen functional groups attached to an aromatic ring is 1. The summed E-state index contributed by atoms with van der Waals surface area (Å²) < 4.78 is 5.53. The zero-order valence-corrected chi connectivity index (χ0v) is 18.2. The van der Waals surface area contributed by atoms with Crippen molar-refractivity contribution in [2.45, 2.75) is 40.3 Å². The first-order valence-electron chi connectivity index (χ1n) is 9.57. The van der Waals surface area contributed by atoms with Crippen molar-refractivity contribution in [3.05, 3.63) is 33.7 Å². The van der Waals surface area contributed by atoms with E-state index in [2.05, 4.69) is 20.3 Å². The monoisotopic (exact) mass is 418 g/mol. The van der Waals surface area contributed by atoms with Crippen LogP contribution < -0.4 is 20.7 Å². The highest BCUT2D eigenvalue weighted by atomic mass is 35.5. The molecule has 8 nitrogen and oxygen atoms in total. The second-order valence-corrected chi connectivity index (χ2v) is 7.98. The molecule has 9 heteroatoms. The molecule has 0 aromatic carbocycles. The van der Waals surface area contributed by atoms with Crippen molar-refractivity contribution in [1.82, 2.24) is 20.3 Å². The number of anilines is 2. The number of methoxy groups -OCH3 is 1. The van der Waals surface area contributed by atoms with Gasteiger partial charge in [-0.3, -0.25) is 9.78 Å². The molecule has 0 spiro atoms. The molecule has 1 atom stereocenters. The fourth-order valence-electron chi connectivity index (χ4n) is 3.60. The Labute approximate surface area is 175 Å². The number of nitrogens with zero attached hydrogens (tertiary/aromatic N) is 4. The van der Waals surface area contributed by atoms with E-state index >= 15 is 0 Å². The quantitative estimate of drug-likeness (QED) is 0.689. The number of Topliss-reactive ketones (excluding diaryl/α,β-unsaturated/α-hetero) is 1. The molecule has 1 aliphatic rings. The van der Waals surface area contributed by atoms with Gasteiger partial charge in [-0.25, -0.2) is 4.98 Å². The van der Waals surface area contributed by atoms with Gasteiger partial charge >= 0.3 is 0 Å². The van der Waals surface area contributed by atoms with E-state index in [1.807, 2.05) is 32.6 Å². The number of fused-ring (bicyclic) bond motifs is 1. The standard InChI is InChI=1S/C20H27ClN6O2/c1-10(2)23-7-13-8-27(9-14-12(4)17(29-5)11(3)6-24-14)19-15(16(13)28)18(21)25-20(22)26-19/h6,10,13,23H,7-9H2,1-5H3,(H2,22,25,26). The smallest absolute Gasteiger partial charge is 0.223 e. The zero-order valence-electron chi connectivity index (χ0n) is 17.4. The van der Waals surface area contributed by atoms with E-state index < -0.39 is 0 Å². The largest absolute Gasteiger partial charge is 0.496 e. The summed E-state index contributed by atoms with van der Waals surface area (Å²) in [6.07, 6.45) is 1.79. The molecule has 0 fully saturated rings. The molecule has 2 aromatic rings. The Morgan fingerprint density at radius 1 is 1.38 bits per heavy atom. The molecule has 0 amide bonds. The topological polar surface area (TPSA) is 106 Å². The number of aromatic nitrogens is 3. The van der Waals surface area contributed by atoms with Crippen LogP contribution in [0.1, 0.15) is 41.0 Å². The number of carbonyl (C=O) groups excluding carboxylic acids is 1. The van der Waals surface area contributed by atoms with Crippen LogP contribution in [0.5, 0.6) is 5.75 Å². The van der Waals surface area contributed by atoms with E-state index in [9.17, 15) is 4.79 Å². The van der Waals surface area contributed by atoms with Gasteiger partial charge in [-0.2, -0.15) is 4.98 Å². The maximum absolute atomic E-state index is 13.1. The number of halogens is 1. The van der Waals surface area contributed by atoms with Crippen LogP contribution in [0.4, 0.5) is 11.8 Å². The van der Waals surface area contributed by atoms with E-state index in [1.165, 1.54) is 0 Å². The number of hydrogen-bond donors (Lipinski definition) is 2. The van der Waals surface area contributed by atoms with Crippen LogP contribution in [0.2, 0.25) is 5.15 Å². The first kappa shape index (κ1) is 21.3. The lowest BCUT2D eigenvalue weighted by atomic mass is 9.93. The van der Waals surface area contributed by atoms with Crippen molar-refractivity contribution < 1.29 is 9.53 Å². The van der Waals surface area contributed by atoms with Crippen LogP contribution >= 0.6 is 11.6 Å². The Kier molecular flexibility index (Phi) is 6.24. The van der Waals surface area contributed by atoms with Crippen molar-refractivity contribution in [2.24, 2.45) is 5.92 Å². The van der Waals surface area contributed by atoms with Crippen molar-refractivity contribution in [2.75, 3.05) is 30.8 Å². The molecule has 1 aliphatic heterocycles. The van der Waals surface area contributed by atoms with Crippen LogP contribution in [0, 0.1) is 19.8 Å². The lowest BCUT2D eigenvalue weighted by Gasteiger charge is -2.35. The minimum Gasteiger partial charge on any atom is -0.496 e. The van der Waals surface area contributed by atoms with Crippen molar-refractivity contribution >= 4 is 29.2 Å². The number of rotatable bonds is 6. The second-order valence-electron chi connectivity index (χ2n) is 7.62. The summed E-state index contributed by atoms with van der Waals surface area (Å²) in [5.74, 6) is 0.954. The Balaban J connectivity index is 2.01. The summed E-state index contributed by atoms with van der Waals surface area (Å²) >= 11 is 6.30. The minimum absolute atomic E-state index is 0.0384.